The van der Waals surface area contributed by atoms with Gasteiger partial charge in [-0.1, -0.05) is 0 Å². The Bertz CT molecular complexity index is 242. The molecule has 1 fully saturated rings. The number of esters is 1. The van der Waals surface area contributed by atoms with E-state index >= 15 is 0 Å². The molecule has 1 heterocycles. The number of carbonyl (C=O) groups excluding carboxylic acids is 1. The summed E-state index contributed by atoms with van der Waals surface area (Å²) in [5.74, 6) is -1.05. The maximum absolute atomic E-state index is 10.7. The Balaban J connectivity index is 2.67. The molecule has 0 aromatic rings. The average molecular weight is 238 g/mol. The Kier molecular flexibility index (Phi) is 4.59. The summed E-state index contributed by atoms with van der Waals surface area (Å²) in [5, 5.41) is 45.3. The minimum atomic E-state index is -1.65. The Hall–Kier alpha value is -0.770. The molecule has 94 valence electrons. The second-order valence-electron chi connectivity index (χ2n) is 3.35. The Morgan fingerprint density at radius 3 is 2.25 bits per heavy atom. The molecule has 0 aromatic heterocycles. The van der Waals surface area contributed by atoms with Crippen LogP contribution in [0.2, 0.25) is 0 Å². The van der Waals surface area contributed by atoms with Gasteiger partial charge in [0.1, 0.15) is 31.0 Å². The van der Waals surface area contributed by atoms with Crippen molar-refractivity contribution < 1.29 is 39.8 Å². The van der Waals surface area contributed by atoms with Gasteiger partial charge >= 0.3 is 5.97 Å². The molecule has 0 radical (unpaired) electrons. The standard InChI is InChI=1S/C8H14O8/c9-1-3-5(12)6(13)7(14)8(15-3)16-4(11)2-10/h3,5-10,12-14H,1-2H2/t3-,5-,6+,7-,8?/m1/s1. The van der Waals surface area contributed by atoms with Gasteiger partial charge in [0.25, 0.3) is 0 Å². The zero-order valence-corrected chi connectivity index (χ0v) is 8.26. The third-order valence-electron chi connectivity index (χ3n) is 2.23. The molecule has 5 N–H and O–H groups in total. The third-order valence-corrected chi connectivity index (χ3v) is 2.23. The molecular weight excluding hydrogens is 224 g/mol. The van der Waals surface area contributed by atoms with Gasteiger partial charge in [0.15, 0.2) is 0 Å². The van der Waals surface area contributed by atoms with Gasteiger partial charge in [-0.25, -0.2) is 4.79 Å². The molecule has 1 saturated heterocycles. The monoisotopic (exact) mass is 238 g/mol. The Morgan fingerprint density at radius 1 is 1.12 bits per heavy atom. The van der Waals surface area contributed by atoms with Crippen LogP contribution in [0.15, 0.2) is 0 Å². The Labute approximate surface area is 90.6 Å². The molecular formula is C8H14O8. The highest BCUT2D eigenvalue weighted by molar-refractivity contribution is 5.70. The van der Waals surface area contributed by atoms with Crippen LogP contribution >= 0.6 is 0 Å². The summed E-state index contributed by atoms with van der Waals surface area (Å²) in [7, 11) is 0. The second kappa shape index (κ2) is 5.53. The molecule has 1 rings (SSSR count). The van der Waals surface area contributed by atoms with Crippen molar-refractivity contribution in [3.63, 3.8) is 0 Å². The SMILES string of the molecule is O=C(CO)OC1O[C@H](CO)[C@@H](O)[C@H](O)[C@H]1O. The number of hydrogen-bond donors (Lipinski definition) is 5. The number of aliphatic hydroxyl groups is 5. The molecule has 16 heavy (non-hydrogen) atoms. The van der Waals surface area contributed by atoms with Crippen LogP contribution in [0.25, 0.3) is 0 Å². The third kappa shape index (κ3) is 2.67. The van der Waals surface area contributed by atoms with Gasteiger partial charge in [-0.3, -0.25) is 0 Å². The first-order chi connectivity index (χ1) is 7.51. The van der Waals surface area contributed by atoms with Gasteiger partial charge in [0, 0.05) is 0 Å². The topological polar surface area (TPSA) is 137 Å². The number of ether oxygens (including phenoxy) is 2. The summed E-state index contributed by atoms with van der Waals surface area (Å²) >= 11 is 0. The van der Waals surface area contributed by atoms with E-state index in [1.807, 2.05) is 0 Å². The number of carbonyl (C=O) groups is 1. The lowest BCUT2D eigenvalue weighted by Gasteiger charge is -2.38. The summed E-state index contributed by atoms with van der Waals surface area (Å²) in [6.45, 7) is -1.52. The minimum absolute atomic E-state index is 0.613. The van der Waals surface area contributed by atoms with Gasteiger partial charge in [0.2, 0.25) is 6.29 Å². The van der Waals surface area contributed by atoms with Crippen molar-refractivity contribution in [2.45, 2.75) is 30.7 Å². The van der Waals surface area contributed by atoms with Crippen molar-refractivity contribution in [3.05, 3.63) is 0 Å². The fraction of sp³-hybridized carbons (Fsp3) is 0.875. The van der Waals surface area contributed by atoms with Crippen LogP contribution in [0.3, 0.4) is 0 Å². The Morgan fingerprint density at radius 2 is 1.75 bits per heavy atom. The maximum atomic E-state index is 10.7. The molecule has 1 unspecified atom stereocenters. The van der Waals surface area contributed by atoms with Crippen molar-refractivity contribution in [3.8, 4) is 0 Å². The first kappa shape index (κ1) is 13.3. The lowest BCUT2D eigenvalue weighted by molar-refractivity contribution is -0.293. The normalized spacial score (nSPS) is 39.4. The zero-order chi connectivity index (χ0) is 12.3. The molecule has 5 atom stereocenters. The van der Waals surface area contributed by atoms with E-state index in [0.717, 1.165) is 0 Å². The van der Waals surface area contributed by atoms with Gasteiger partial charge < -0.3 is 35.0 Å². The molecule has 0 bridgehead atoms. The van der Waals surface area contributed by atoms with Crippen LogP contribution in [0.5, 0.6) is 0 Å². The van der Waals surface area contributed by atoms with Crippen molar-refractivity contribution in [1.29, 1.82) is 0 Å². The van der Waals surface area contributed by atoms with E-state index in [-0.39, 0.29) is 0 Å². The molecule has 1 aliphatic rings. The highest BCUT2D eigenvalue weighted by Crippen LogP contribution is 2.21. The summed E-state index contributed by atoms with van der Waals surface area (Å²) in [6.07, 6.45) is -7.44. The molecule has 8 heteroatoms. The molecule has 0 aliphatic carbocycles. The lowest BCUT2D eigenvalue weighted by Crippen LogP contribution is -2.59. The van der Waals surface area contributed by atoms with Crippen molar-refractivity contribution in [2.24, 2.45) is 0 Å². The van der Waals surface area contributed by atoms with E-state index in [9.17, 15) is 20.1 Å². The molecule has 0 aromatic carbocycles. The van der Waals surface area contributed by atoms with Gasteiger partial charge in [-0.05, 0) is 0 Å². The lowest BCUT2D eigenvalue weighted by atomic mass is 9.99. The van der Waals surface area contributed by atoms with Crippen LogP contribution in [-0.4, -0.2) is 75.4 Å². The minimum Gasteiger partial charge on any atom is -0.431 e. The highest BCUT2D eigenvalue weighted by Gasteiger charge is 2.45. The predicted octanol–water partition coefficient (Wildman–Crippen LogP) is -3.68. The quantitative estimate of drug-likeness (QED) is 0.317. The largest absolute Gasteiger partial charge is 0.431 e. The summed E-state index contributed by atoms with van der Waals surface area (Å²) in [6, 6.07) is 0. The van der Waals surface area contributed by atoms with Crippen LogP contribution in [0, 0.1) is 0 Å². The van der Waals surface area contributed by atoms with Gasteiger partial charge in [-0.15, -0.1) is 0 Å². The summed E-state index contributed by atoms with van der Waals surface area (Å²) in [4.78, 5) is 10.7. The van der Waals surface area contributed by atoms with Gasteiger partial charge in [0.05, 0.1) is 6.61 Å². The predicted molar refractivity (Wildman–Crippen MR) is 46.9 cm³/mol. The highest BCUT2D eigenvalue weighted by atomic mass is 16.7. The first-order valence-electron chi connectivity index (χ1n) is 4.62. The second-order valence-corrected chi connectivity index (χ2v) is 3.35. The van der Waals surface area contributed by atoms with E-state index in [4.69, 9.17) is 14.9 Å². The van der Waals surface area contributed by atoms with E-state index in [2.05, 4.69) is 4.74 Å². The van der Waals surface area contributed by atoms with E-state index in [1.54, 1.807) is 0 Å². The number of rotatable bonds is 3. The fourth-order valence-electron chi connectivity index (χ4n) is 1.33. The molecule has 1 aliphatic heterocycles. The van der Waals surface area contributed by atoms with E-state index in [1.165, 1.54) is 0 Å². The number of aliphatic hydroxyl groups excluding tert-OH is 5. The zero-order valence-electron chi connectivity index (χ0n) is 8.26. The van der Waals surface area contributed by atoms with Crippen molar-refractivity contribution in [1.82, 2.24) is 0 Å². The smallest absolute Gasteiger partial charge is 0.334 e. The molecule has 8 nitrogen and oxygen atoms in total. The van der Waals surface area contributed by atoms with Crippen molar-refractivity contribution in [2.75, 3.05) is 13.2 Å². The fourth-order valence-corrected chi connectivity index (χ4v) is 1.33. The van der Waals surface area contributed by atoms with E-state index < -0.39 is 49.9 Å². The molecule has 0 saturated carbocycles. The van der Waals surface area contributed by atoms with Crippen molar-refractivity contribution >= 4 is 5.97 Å². The number of hydrogen-bond acceptors (Lipinski definition) is 8. The first-order valence-corrected chi connectivity index (χ1v) is 4.62. The summed E-state index contributed by atoms with van der Waals surface area (Å²) in [5.41, 5.74) is 0. The van der Waals surface area contributed by atoms with E-state index in [0.29, 0.717) is 0 Å². The maximum Gasteiger partial charge on any atom is 0.334 e. The van der Waals surface area contributed by atoms with Crippen LogP contribution in [0.4, 0.5) is 0 Å². The average Bonchev–Trinajstić information content (AvgIpc) is 2.29. The molecule has 0 spiro atoms. The molecule has 0 amide bonds. The van der Waals surface area contributed by atoms with Crippen LogP contribution in [-0.2, 0) is 14.3 Å². The van der Waals surface area contributed by atoms with Gasteiger partial charge in [-0.2, -0.15) is 0 Å². The summed E-state index contributed by atoms with van der Waals surface area (Å²) < 4.78 is 9.30. The van der Waals surface area contributed by atoms with Crippen LogP contribution in [0.1, 0.15) is 0 Å². The van der Waals surface area contributed by atoms with Crippen LogP contribution < -0.4 is 0 Å².